The van der Waals surface area contributed by atoms with Crippen LogP contribution in [0.4, 0.5) is 19.0 Å². The molecule has 35 heavy (non-hydrogen) atoms. The van der Waals surface area contributed by atoms with Gasteiger partial charge in [-0.2, -0.15) is 5.10 Å². The Labute approximate surface area is 199 Å². The summed E-state index contributed by atoms with van der Waals surface area (Å²) in [7, 11) is 1.54. The Hall–Kier alpha value is -3.86. The first-order valence-electron chi connectivity index (χ1n) is 10.9. The van der Waals surface area contributed by atoms with Gasteiger partial charge in [-0.15, -0.1) is 0 Å². The van der Waals surface area contributed by atoms with Gasteiger partial charge in [0.1, 0.15) is 28.9 Å². The van der Waals surface area contributed by atoms with Gasteiger partial charge >= 0.3 is 0 Å². The van der Waals surface area contributed by atoms with Crippen LogP contribution in [0.1, 0.15) is 37.9 Å². The quantitative estimate of drug-likeness (QED) is 0.495. The standard InChI is InChI=1S/C24H25F3N6O2/c1-13-5-3-4-6-16(13)23(35)30-10-15-8-7-14(9-17(15)25)20-19(22(29)34)21(28)33(31-20)18-11-32(2)12-24(18,26)27/h3-9,18H,10-12,28H2,1-2H3,(H2,29,34)(H,30,35). The zero-order chi connectivity index (χ0) is 25.5. The van der Waals surface area contributed by atoms with Gasteiger partial charge in [-0.25, -0.2) is 17.9 Å². The lowest BCUT2D eigenvalue weighted by Gasteiger charge is -2.19. The Morgan fingerprint density at radius 3 is 2.54 bits per heavy atom. The zero-order valence-corrected chi connectivity index (χ0v) is 19.2. The molecule has 1 aromatic heterocycles. The summed E-state index contributed by atoms with van der Waals surface area (Å²) in [6.07, 6.45) is 0. The lowest BCUT2D eigenvalue weighted by molar-refractivity contribution is -0.0232. The lowest BCUT2D eigenvalue weighted by Crippen LogP contribution is -2.31. The molecule has 0 radical (unpaired) electrons. The van der Waals surface area contributed by atoms with E-state index in [-0.39, 0.29) is 47.2 Å². The van der Waals surface area contributed by atoms with Gasteiger partial charge in [0.15, 0.2) is 0 Å². The predicted octanol–water partition coefficient (Wildman–Crippen LogP) is 2.73. The van der Waals surface area contributed by atoms with Crippen LogP contribution >= 0.6 is 0 Å². The lowest BCUT2D eigenvalue weighted by atomic mass is 10.0. The normalized spacial score (nSPS) is 17.5. The molecule has 1 atom stereocenters. The first kappa shape index (κ1) is 24.3. The van der Waals surface area contributed by atoms with E-state index in [9.17, 15) is 22.8 Å². The fraction of sp³-hybridized carbons (Fsp3) is 0.292. The van der Waals surface area contributed by atoms with Crippen molar-refractivity contribution in [2.75, 3.05) is 25.9 Å². The molecule has 184 valence electrons. The maximum Gasteiger partial charge on any atom is 0.283 e. The number of likely N-dealkylation sites (tertiary alicyclic amines) is 1. The number of nitrogen functional groups attached to an aromatic ring is 1. The molecule has 11 heteroatoms. The minimum absolute atomic E-state index is 0.0373. The van der Waals surface area contributed by atoms with E-state index in [4.69, 9.17) is 11.5 Å². The highest BCUT2D eigenvalue weighted by molar-refractivity contribution is 6.03. The average Bonchev–Trinajstić information content (AvgIpc) is 3.26. The molecule has 0 aliphatic carbocycles. The first-order chi connectivity index (χ1) is 16.5. The van der Waals surface area contributed by atoms with E-state index >= 15 is 0 Å². The SMILES string of the molecule is Cc1ccccc1C(=O)NCc1ccc(-c2nn(C3CN(C)CC3(F)F)c(N)c2C(N)=O)cc1F. The van der Waals surface area contributed by atoms with E-state index in [1.54, 1.807) is 25.1 Å². The number of anilines is 1. The molecule has 2 amide bonds. The number of alkyl halides is 2. The van der Waals surface area contributed by atoms with Crippen molar-refractivity contribution in [1.82, 2.24) is 20.0 Å². The molecule has 4 rings (SSSR count). The number of aromatic nitrogens is 2. The van der Waals surface area contributed by atoms with Crippen LogP contribution in [0.15, 0.2) is 42.5 Å². The number of primary amides is 1. The van der Waals surface area contributed by atoms with Crippen LogP contribution in [0.25, 0.3) is 11.3 Å². The van der Waals surface area contributed by atoms with Crippen molar-refractivity contribution in [3.63, 3.8) is 0 Å². The molecular formula is C24H25F3N6O2. The van der Waals surface area contributed by atoms with E-state index < -0.39 is 30.2 Å². The van der Waals surface area contributed by atoms with Gasteiger partial charge < -0.3 is 16.8 Å². The van der Waals surface area contributed by atoms with E-state index in [0.29, 0.717) is 5.56 Å². The Morgan fingerprint density at radius 1 is 1.23 bits per heavy atom. The summed E-state index contributed by atoms with van der Waals surface area (Å²) in [6, 6.07) is 9.60. The molecule has 1 aliphatic rings. The molecule has 0 bridgehead atoms. The monoisotopic (exact) mass is 486 g/mol. The average molecular weight is 486 g/mol. The maximum absolute atomic E-state index is 14.9. The van der Waals surface area contributed by atoms with Crippen LogP contribution < -0.4 is 16.8 Å². The van der Waals surface area contributed by atoms with Crippen molar-refractivity contribution in [3.05, 3.63) is 70.5 Å². The van der Waals surface area contributed by atoms with Gasteiger partial charge in [0.05, 0.1) is 6.54 Å². The number of aryl methyl sites for hydroxylation is 1. The molecule has 3 aromatic rings. The Morgan fingerprint density at radius 2 is 1.94 bits per heavy atom. The highest BCUT2D eigenvalue weighted by atomic mass is 19.3. The van der Waals surface area contributed by atoms with E-state index in [2.05, 4.69) is 10.4 Å². The minimum atomic E-state index is -3.13. The van der Waals surface area contributed by atoms with Crippen molar-refractivity contribution in [2.45, 2.75) is 25.4 Å². The van der Waals surface area contributed by atoms with Crippen molar-refractivity contribution >= 4 is 17.6 Å². The number of amides is 2. The van der Waals surface area contributed by atoms with Gasteiger partial charge in [0.25, 0.3) is 17.7 Å². The van der Waals surface area contributed by atoms with Crippen molar-refractivity contribution in [3.8, 4) is 11.3 Å². The smallest absolute Gasteiger partial charge is 0.283 e. The van der Waals surface area contributed by atoms with Crippen LogP contribution in [0.2, 0.25) is 0 Å². The Balaban J connectivity index is 1.62. The molecule has 5 N–H and O–H groups in total. The molecule has 1 fully saturated rings. The maximum atomic E-state index is 14.9. The number of carbonyl (C=O) groups excluding carboxylic acids is 2. The molecule has 0 spiro atoms. The second-order valence-electron chi connectivity index (χ2n) is 8.70. The number of likely N-dealkylation sites (N-methyl/N-ethyl adjacent to an activating group) is 1. The highest BCUT2D eigenvalue weighted by Gasteiger charge is 2.49. The first-order valence-corrected chi connectivity index (χ1v) is 10.9. The summed E-state index contributed by atoms with van der Waals surface area (Å²) in [5.74, 6) is -5.43. The van der Waals surface area contributed by atoms with Gasteiger partial charge in [0, 0.05) is 29.8 Å². The molecule has 2 heterocycles. The van der Waals surface area contributed by atoms with Gasteiger partial charge in [-0.1, -0.05) is 30.3 Å². The summed E-state index contributed by atoms with van der Waals surface area (Å²) in [4.78, 5) is 26.0. The third kappa shape index (κ3) is 4.59. The number of hydrogen-bond donors (Lipinski definition) is 3. The van der Waals surface area contributed by atoms with Crippen LogP contribution in [0.3, 0.4) is 0 Å². The summed E-state index contributed by atoms with van der Waals surface area (Å²) in [5.41, 5.74) is 12.7. The van der Waals surface area contributed by atoms with Gasteiger partial charge in [0.2, 0.25) is 0 Å². The third-order valence-corrected chi connectivity index (χ3v) is 6.10. The van der Waals surface area contributed by atoms with E-state index in [0.717, 1.165) is 16.3 Å². The fourth-order valence-electron chi connectivity index (χ4n) is 4.28. The number of rotatable bonds is 6. The van der Waals surface area contributed by atoms with Gasteiger partial charge in [-0.05, 0) is 31.7 Å². The predicted molar refractivity (Wildman–Crippen MR) is 124 cm³/mol. The topological polar surface area (TPSA) is 119 Å². The molecule has 8 nitrogen and oxygen atoms in total. The summed E-state index contributed by atoms with van der Waals surface area (Å²) in [5, 5.41) is 6.82. The second kappa shape index (κ2) is 9.06. The fourth-order valence-corrected chi connectivity index (χ4v) is 4.28. The molecule has 2 aromatic carbocycles. The number of benzene rings is 2. The largest absolute Gasteiger partial charge is 0.383 e. The number of halogens is 3. The molecule has 1 aliphatic heterocycles. The molecule has 0 saturated carbocycles. The Kier molecular flexibility index (Phi) is 6.28. The van der Waals surface area contributed by atoms with Crippen molar-refractivity contribution in [1.29, 1.82) is 0 Å². The minimum Gasteiger partial charge on any atom is -0.383 e. The van der Waals surface area contributed by atoms with Crippen molar-refractivity contribution < 1.29 is 22.8 Å². The summed E-state index contributed by atoms with van der Waals surface area (Å²) >= 11 is 0. The van der Waals surface area contributed by atoms with Crippen LogP contribution in [0, 0.1) is 12.7 Å². The second-order valence-corrected chi connectivity index (χ2v) is 8.70. The highest BCUT2D eigenvalue weighted by Crippen LogP contribution is 2.39. The van der Waals surface area contributed by atoms with E-state index in [1.165, 1.54) is 24.1 Å². The van der Waals surface area contributed by atoms with E-state index in [1.807, 2.05) is 6.07 Å². The van der Waals surface area contributed by atoms with Crippen LogP contribution in [-0.4, -0.2) is 52.6 Å². The van der Waals surface area contributed by atoms with Crippen LogP contribution in [-0.2, 0) is 6.54 Å². The summed E-state index contributed by atoms with van der Waals surface area (Å²) < 4.78 is 44.9. The number of nitrogens with one attached hydrogen (secondary N) is 1. The Bertz CT molecular complexity index is 1310. The van der Waals surface area contributed by atoms with Gasteiger partial charge in [-0.3, -0.25) is 14.5 Å². The van der Waals surface area contributed by atoms with Crippen LogP contribution in [0.5, 0.6) is 0 Å². The molecule has 1 saturated heterocycles. The number of nitrogens with zero attached hydrogens (tertiary/aromatic N) is 3. The number of carbonyl (C=O) groups is 2. The molecule has 1 unspecified atom stereocenters. The number of nitrogens with two attached hydrogens (primary N) is 2. The zero-order valence-electron chi connectivity index (χ0n) is 19.2. The summed E-state index contributed by atoms with van der Waals surface area (Å²) in [6.45, 7) is 1.18. The molecular weight excluding hydrogens is 461 g/mol. The van der Waals surface area contributed by atoms with Crippen molar-refractivity contribution in [2.24, 2.45) is 5.73 Å². The number of hydrogen-bond acceptors (Lipinski definition) is 5. The third-order valence-electron chi connectivity index (χ3n) is 6.10.